The van der Waals surface area contributed by atoms with E-state index in [4.69, 9.17) is 4.74 Å². The Hall–Kier alpha value is -3.26. The Bertz CT molecular complexity index is 1080. The molecule has 28 heavy (non-hydrogen) atoms. The summed E-state index contributed by atoms with van der Waals surface area (Å²) in [6.07, 6.45) is 1.65. The zero-order valence-corrected chi connectivity index (χ0v) is 15.0. The van der Waals surface area contributed by atoms with Crippen molar-refractivity contribution in [1.82, 2.24) is 9.55 Å². The van der Waals surface area contributed by atoms with Gasteiger partial charge in [0.2, 0.25) is 0 Å². The number of fused-ring (bicyclic) bond motifs is 1. The van der Waals surface area contributed by atoms with Crippen LogP contribution >= 0.6 is 0 Å². The van der Waals surface area contributed by atoms with Gasteiger partial charge in [-0.25, -0.2) is 14.0 Å². The summed E-state index contributed by atoms with van der Waals surface area (Å²) in [7, 11) is 0. The Balaban J connectivity index is 1.70. The van der Waals surface area contributed by atoms with Gasteiger partial charge in [-0.15, -0.1) is 0 Å². The minimum Gasteiger partial charge on any atom is -0.376 e. The maximum Gasteiger partial charge on any atom is 0.349 e. The molecule has 0 spiro atoms. The van der Waals surface area contributed by atoms with Gasteiger partial charge in [0.15, 0.2) is 0 Å². The van der Waals surface area contributed by atoms with E-state index >= 15 is 0 Å². The maximum absolute atomic E-state index is 13.8. The maximum atomic E-state index is 13.8. The fourth-order valence-electron chi connectivity index (χ4n) is 3.30. The Morgan fingerprint density at radius 2 is 1.96 bits per heavy atom. The first-order chi connectivity index (χ1) is 13.6. The van der Waals surface area contributed by atoms with Gasteiger partial charge in [-0.1, -0.05) is 24.3 Å². The first-order valence-corrected chi connectivity index (χ1v) is 9.05. The van der Waals surface area contributed by atoms with Crippen molar-refractivity contribution in [2.24, 2.45) is 0 Å². The molecule has 2 heterocycles. The molecule has 1 aliphatic heterocycles. The average molecular weight is 382 g/mol. The lowest BCUT2D eigenvalue weighted by Gasteiger charge is -2.18. The number of para-hydroxylation sites is 2. The van der Waals surface area contributed by atoms with Crippen LogP contribution in [0.2, 0.25) is 0 Å². The number of nitrogens with zero attached hydrogens (tertiary/aromatic N) is 2. The molecule has 7 nitrogen and oxygen atoms in total. The quantitative estimate of drug-likeness (QED) is 0.725. The van der Waals surface area contributed by atoms with Gasteiger partial charge in [-0.05, 0) is 37.1 Å². The minimum atomic E-state index is -0.651. The molecule has 0 bridgehead atoms. The molecule has 3 aromatic rings. The van der Waals surface area contributed by atoms with Crippen LogP contribution in [0.4, 0.5) is 20.7 Å². The lowest BCUT2D eigenvalue weighted by atomic mass is 10.2. The van der Waals surface area contributed by atoms with Crippen LogP contribution < -0.4 is 16.3 Å². The third kappa shape index (κ3) is 3.72. The van der Waals surface area contributed by atoms with E-state index in [0.29, 0.717) is 23.3 Å². The van der Waals surface area contributed by atoms with Crippen LogP contribution in [-0.2, 0) is 11.3 Å². The number of rotatable bonds is 4. The summed E-state index contributed by atoms with van der Waals surface area (Å²) in [5, 5.41) is 5.78. The summed E-state index contributed by atoms with van der Waals surface area (Å²) in [4.78, 5) is 29.2. The van der Waals surface area contributed by atoms with Gasteiger partial charge in [0.05, 0.1) is 23.9 Å². The molecular weight excluding hydrogens is 363 g/mol. The SMILES string of the molecule is O=C(Nc1ccccc1F)Nc1c2ccccc2nc(=O)n1C[C@@H]1CCCO1. The number of carbonyl (C=O) groups is 1. The van der Waals surface area contributed by atoms with E-state index in [1.54, 1.807) is 30.3 Å². The fourth-order valence-corrected chi connectivity index (χ4v) is 3.30. The second-order valence-electron chi connectivity index (χ2n) is 6.56. The molecule has 2 aromatic carbocycles. The van der Waals surface area contributed by atoms with Crippen molar-refractivity contribution in [2.45, 2.75) is 25.5 Å². The molecule has 4 rings (SSSR count). The van der Waals surface area contributed by atoms with Crippen molar-refractivity contribution < 1.29 is 13.9 Å². The number of hydrogen-bond donors (Lipinski definition) is 2. The van der Waals surface area contributed by atoms with Crippen LogP contribution in [-0.4, -0.2) is 28.3 Å². The molecule has 144 valence electrons. The molecule has 2 amide bonds. The molecule has 0 saturated carbocycles. The van der Waals surface area contributed by atoms with Crippen LogP contribution in [0.3, 0.4) is 0 Å². The van der Waals surface area contributed by atoms with Crippen molar-refractivity contribution in [3.8, 4) is 0 Å². The zero-order valence-electron chi connectivity index (χ0n) is 15.0. The van der Waals surface area contributed by atoms with Crippen LogP contribution in [0.5, 0.6) is 0 Å². The third-order valence-electron chi connectivity index (χ3n) is 4.64. The molecule has 0 aliphatic carbocycles. The smallest absolute Gasteiger partial charge is 0.349 e. The largest absolute Gasteiger partial charge is 0.376 e. The highest BCUT2D eigenvalue weighted by atomic mass is 19.1. The Morgan fingerprint density at radius 3 is 2.75 bits per heavy atom. The molecule has 1 atom stereocenters. The highest BCUT2D eigenvalue weighted by molar-refractivity contribution is 6.04. The highest BCUT2D eigenvalue weighted by Crippen LogP contribution is 2.23. The summed E-state index contributed by atoms with van der Waals surface area (Å²) >= 11 is 0. The van der Waals surface area contributed by atoms with E-state index in [0.717, 1.165) is 12.8 Å². The molecule has 2 N–H and O–H groups in total. The molecule has 1 aliphatic rings. The topological polar surface area (TPSA) is 85.3 Å². The molecular formula is C20H19FN4O3. The van der Waals surface area contributed by atoms with Crippen molar-refractivity contribution in [3.63, 3.8) is 0 Å². The minimum absolute atomic E-state index is 0.0476. The number of halogens is 1. The van der Waals surface area contributed by atoms with Gasteiger partial charge >= 0.3 is 11.7 Å². The van der Waals surface area contributed by atoms with E-state index in [1.807, 2.05) is 0 Å². The number of aromatic nitrogens is 2. The van der Waals surface area contributed by atoms with Crippen LogP contribution in [0.15, 0.2) is 53.3 Å². The third-order valence-corrected chi connectivity index (χ3v) is 4.64. The van der Waals surface area contributed by atoms with Gasteiger partial charge < -0.3 is 10.1 Å². The molecule has 1 fully saturated rings. The first-order valence-electron chi connectivity index (χ1n) is 9.05. The molecule has 1 aromatic heterocycles. The number of benzene rings is 2. The average Bonchev–Trinajstić information content (AvgIpc) is 3.19. The second kappa shape index (κ2) is 7.77. The molecule has 1 saturated heterocycles. The van der Waals surface area contributed by atoms with E-state index in [9.17, 15) is 14.0 Å². The summed E-state index contributed by atoms with van der Waals surface area (Å²) in [6, 6.07) is 12.3. The summed E-state index contributed by atoms with van der Waals surface area (Å²) < 4.78 is 20.9. The number of hydrogen-bond acceptors (Lipinski definition) is 4. The van der Waals surface area contributed by atoms with Gasteiger partial charge in [0, 0.05) is 12.0 Å². The number of amides is 2. The van der Waals surface area contributed by atoms with E-state index in [1.165, 1.54) is 22.8 Å². The van der Waals surface area contributed by atoms with Gasteiger partial charge in [-0.2, -0.15) is 4.98 Å². The summed E-state index contributed by atoms with van der Waals surface area (Å²) in [5.41, 5.74) is 0.0408. The van der Waals surface area contributed by atoms with Crippen LogP contribution in [0, 0.1) is 5.82 Å². The van der Waals surface area contributed by atoms with Crippen molar-refractivity contribution in [2.75, 3.05) is 17.2 Å². The number of anilines is 2. The predicted molar refractivity (Wildman–Crippen MR) is 104 cm³/mol. The highest BCUT2D eigenvalue weighted by Gasteiger charge is 2.21. The van der Waals surface area contributed by atoms with Crippen molar-refractivity contribution in [3.05, 3.63) is 64.8 Å². The van der Waals surface area contributed by atoms with E-state index in [2.05, 4.69) is 15.6 Å². The van der Waals surface area contributed by atoms with E-state index in [-0.39, 0.29) is 18.3 Å². The monoisotopic (exact) mass is 382 g/mol. The Labute approximate surface area is 160 Å². The molecule has 0 radical (unpaired) electrons. The predicted octanol–water partition coefficient (Wildman–Crippen LogP) is 3.36. The lowest BCUT2D eigenvalue weighted by Crippen LogP contribution is -2.33. The second-order valence-corrected chi connectivity index (χ2v) is 6.56. The first kappa shape index (κ1) is 18.1. The number of carbonyl (C=O) groups excluding carboxylic acids is 1. The van der Waals surface area contributed by atoms with E-state index < -0.39 is 17.5 Å². The van der Waals surface area contributed by atoms with Crippen LogP contribution in [0.25, 0.3) is 10.9 Å². The van der Waals surface area contributed by atoms with Gasteiger partial charge in [-0.3, -0.25) is 9.88 Å². The lowest BCUT2D eigenvalue weighted by molar-refractivity contribution is 0.0964. The Kier molecular flexibility index (Phi) is 5.03. The summed E-state index contributed by atoms with van der Waals surface area (Å²) in [5.74, 6) is -0.242. The number of nitrogens with one attached hydrogen (secondary N) is 2. The van der Waals surface area contributed by atoms with Crippen molar-refractivity contribution >= 4 is 28.4 Å². The normalized spacial score (nSPS) is 16.2. The zero-order chi connectivity index (χ0) is 19.5. The fraction of sp³-hybridized carbons (Fsp3) is 0.250. The van der Waals surface area contributed by atoms with Gasteiger partial charge in [0.1, 0.15) is 11.6 Å². The van der Waals surface area contributed by atoms with Crippen LogP contribution in [0.1, 0.15) is 12.8 Å². The Morgan fingerprint density at radius 1 is 1.18 bits per heavy atom. The van der Waals surface area contributed by atoms with Gasteiger partial charge in [0.25, 0.3) is 0 Å². The summed E-state index contributed by atoms with van der Waals surface area (Å²) in [6.45, 7) is 0.933. The van der Waals surface area contributed by atoms with Crippen molar-refractivity contribution in [1.29, 1.82) is 0 Å². The molecule has 0 unspecified atom stereocenters. The standard InChI is InChI=1S/C20H19FN4O3/c21-15-8-2-4-10-17(15)22-19(26)24-18-14-7-1-3-9-16(14)23-20(27)25(18)12-13-6-5-11-28-13/h1-4,7-10,13H,5-6,11-12H2,(H2,22,24,26)/t13-/m0/s1. The number of urea groups is 1. The number of ether oxygens (including phenoxy) is 1. The molecule has 8 heteroatoms.